The lowest BCUT2D eigenvalue weighted by Crippen LogP contribution is -1.94. The summed E-state index contributed by atoms with van der Waals surface area (Å²) < 4.78 is 5.82. The highest BCUT2D eigenvalue weighted by molar-refractivity contribution is 6.30. The van der Waals surface area contributed by atoms with E-state index in [0.717, 1.165) is 22.4 Å². The number of rotatable bonds is 3. The van der Waals surface area contributed by atoms with Crippen LogP contribution in [0.15, 0.2) is 36.4 Å². The minimum absolute atomic E-state index is 0.0380. The topological polar surface area (TPSA) is 29.5 Å². The number of benzene rings is 2. The average molecular weight is 263 g/mol. The lowest BCUT2D eigenvalue weighted by atomic mass is 10.1. The summed E-state index contributed by atoms with van der Waals surface area (Å²) in [6, 6.07) is 11.2. The Morgan fingerprint density at radius 1 is 1.06 bits per heavy atom. The second-order valence-corrected chi connectivity index (χ2v) is 4.72. The van der Waals surface area contributed by atoms with Gasteiger partial charge in [0.15, 0.2) is 0 Å². The zero-order chi connectivity index (χ0) is 13.1. The number of hydrogen-bond acceptors (Lipinski definition) is 2. The third kappa shape index (κ3) is 2.84. The molecule has 18 heavy (non-hydrogen) atoms. The molecule has 0 heterocycles. The van der Waals surface area contributed by atoms with E-state index in [1.54, 1.807) is 6.07 Å². The van der Waals surface area contributed by atoms with Crippen molar-refractivity contribution in [2.24, 2.45) is 0 Å². The first-order chi connectivity index (χ1) is 8.60. The quantitative estimate of drug-likeness (QED) is 0.896. The van der Waals surface area contributed by atoms with Gasteiger partial charge in [-0.1, -0.05) is 29.3 Å². The number of aryl methyl sites for hydroxylation is 2. The van der Waals surface area contributed by atoms with Gasteiger partial charge in [-0.15, -0.1) is 0 Å². The third-order valence-corrected chi connectivity index (χ3v) is 2.98. The molecule has 2 aromatic carbocycles. The van der Waals surface area contributed by atoms with Crippen LogP contribution in [-0.4, -0.2) is 5.11 Å². The molecule has 0 fully saturated rings. The van der Waals surface area contributed by atoms with Crippen molar-refractivity contribution in [1.82, 2.24) is 0 Å². The molecule has 0 radical (unpaired) electrons. The van der Waals surface area contributed by atoms with E-state index in [0.29, 0.717) is 10.8 Å². The van der Waals surface area contributed by atoms with Gasteiger partial charge < -0.3 is 9.84 Å². The summed E-state index contributed by atoms with van der Waals surface area (Å²) in [5.41, 5.74) is 2.84. The molecule has 0 unspecified atom stereocenters. The molecule has 0 bridgehead atoms. The summed E-state index contributed by atoms with van der Waals surface area (Å²) in [4.78, 5) is 0. The molecule has 3 heteroatoms. The predicted octanol–water partition coefficient (Wildman–Crippen LogP) is 4.24. The Bertz CT molecular complexity index is 564. The Hall–Kier alpha value is -1.51. The minimum atomic E-state index is -0.0380. The monoisotopic (exact) mass is 262 g/mol. The lowest BCUT2D eigenvalue weighted by Gasteiger charge is -2.12. The van der Waals surface area contributed by atoms with Crippen LogP contribution in [0.5, 0.6) is 11.5 Å². The first kappa shape index (κ1) is 12.9. The zero-order valence-electron chi connectivity index (χ0n) is 10.4. The second kappa shape index (κ2) is 5.42. The van der Waals surface area contributed by atoms with Crippen LogP contribution in [0.2, 0.25) is 5.02 Å². The fourth-order valence-electron chi connectivity index (χ4n) is 1.78. The molecule has 2 rings (SSSR count). The van der Waals surface area contributed by atoms with Crippen LogP contribution < -0.4 is 4.74 Å². The molecule has 0 aliphatic carbocycles. The van der Waals surface area contributed by atoms with Gasteiger partial charge in [-0.25, -0.2) is 0 Å². The Morgan fingerprint density at radius 2 is 1.78 bits per heavy atom. The molecule has 0 spiro atoms. The summed E-state index contributed by atoms with van der Waals surface area (Å²) in [7, 11) is 0. The highest BCUT2D eigenvalue weighted by atomic mass is 35.5. The first-order valence-electron chi connectivity index (χ1n) is 5.74. The van der Waals surface area contributed by atoms with Gasteiger partial charge in [0, 0.05) is 10.6 Å². The van der Waals surface area contributed by atoms with Gasteiger partial charge >= 0.3 is 0 Å². The summed E-state index contributed by atoms with van der Waals surface area (Å²) in [5.74, 6) is 1.42. The van der Waals surface area contributed by atoms with E-state index in [-0.39, 0.29) is 6.61 Å². The van der Waals surface area contributed by atoms with Crippen LogP contribution in [0.3, 0.4) is 0 Å². The van der Waals surface area contributed by atoms with Crippen LogP contribution in [0.1, 0.15) is 16.7 Å². The van der Waals surface area contributed by atoms with Crippen LogP contribution in [-0.2, 0) is 6.61 Å². The maximum atomic E-state index is 9.33. The Balaban J connectivity index is 2.33. The van der Waals surface area contributed by atoms with Crippen LogP contribution in [0.25, 0.3) is 0 Å². The molecular formula is C15H15ClO2. The molecule has 0 saturated heterocycles. The highest BCUT2D eigenvalue weighted by Crippen LogP contribution is 2.30. The van der Waals surface area contributed by atoms with E-state index in [4.69, 9.17) is 16.3 Å². The Labute approximate surface area is 112 Å². The fourth-order valence-corrected chi connectivity index (χ4v) is 2.00. The fraction of sp³-hybridized carbons (Fsp3) is 0.200. The van der Waals surface area contributed by atoms with Crippen LogP contribution in [0, 0.1) is 13.8 Å². The normalized spacial score (nSPS) is 10.4. The predicted molar refractivity (Wildman–Crippen MR) is 73.4 cm³/mol. The number of halogens is 1. The molecular weight excluding hydrogens is 248 g/mol. The molecule has 0 amide bonds. The van der Waals surface area contributed by atoms with Crippen LogP contribution in [0.4, 0.5) is 0 Å². The Morgan fingerprint density at radius 3 is 2.44 bits per heavy atom. The largest absolute Gasteiger partial charge is 0.457 e. The molecule has 2 nitrogen and oxygen atoms in total. The van der Waals surface area contributed by atoms with Gasteiger partial charge in [-0.2, -0.15) is 0 Å². The van der Waals surface area contributed by atoms with Gasteiger partial charge in [-0.3, -0.25) is 0 Å². The lowest BCUT2D eigenvalue weighted by molar-refractivity contribution is 0.276. The number of aliphatic hydroxyl groups excluding tert-OH is 1. The van der Waals surface area contributed by atoms with E-state index >= 15 is 0 Å². The highest BCUT2D eigenvalue weighted by Gasteiger charge is 2.07. The average Bonchev–Trinajstić information content (AvgIpc) is 2.34. The van der Waals surface area contributed by atoms with Crippen molar-refractivity contribution in [3.8, 4) is 11.5 Å². The zero-order valence-corrected chi connectivity index (χ0v) is 11.2. The van der Waals surface area contributed by atoms with Gasteiger partial charge in [-0.05, 0) is 43.7 Å². The van der Waals surface area contributed by atoms with E-state index < -0.39 is 0 Å². The number of hydrogen-bond donors (Lipinski definition) is 1. The molecule has 2 aromatic rings. The Kier molecular flexibility index (Phi) is 3.90. The summed E-state index contributed by atoms with van der Waals surface area (Å²) in [6.45, 7) is 3.88. The minimum Gasteiger partial charge on any atom is -0.457 e. The van der Waals surface area contributed by atoms with Crippen molar-refractivity contribution in [1.29, 1.82) is 0 Å². The molecule has 0 aromatic heterocycles. The molecule has 1 N–H and O–H groups in total. The van der Waals surface area contributed by atoms with Crippen molar-refractivity contribution >= 4 is 11.6 Å². The molecule has 0 aliphatic heterocycles. The number of aliphatic hydroxyl groups is 1. The molecule has 0 atom stereocenters. The second-order valence-electron chi connectivity index (χ2n) is 4.28. The van der Waals surface area contributed by atoms with Crippen molar-refractivity contribution < 1.29 is 9.84 Å². The van der Waals surface area contributed by atoms with Gasteiger partial charge in [0.05, 0.1) is 6.61 Å². The number of ether oxygens (including phenoxy) is 1. The maximum Gasteiger partial charge on any atom is 0.132 e. The summed E-state index contributed by atoms with van der Waals surface area (Å²) in [5, 5.41) is 10.0. The standard InChI is InChI=1S/C15H15ClO2/c1-10-3-5-15(12(7-10)9-17)18-14-6-4-13(16)8-11(14)2/h3-8,17H,9H2,1-2H3. The third-order valence-electron chi connectivity index (χ3n) is 2.74. The van der Waals surface area contributed by atoms with Crippen molar-refractivity contribution in [3.05, 3.63) is 58.1 Å². The van der Waals surface area contributed by atoms with Crippen molar-refractivity contribution in [2.45, 2.75) is 20.5 Å². The van der Waals surface area contributed by atoms with E-state index in [1.807, 2.05) is 44.2 Å². The van der Waals surface area contributed by atoms with E-state index in [1.165, 1.54) is 0 Å². The van der Waals surface area contributed by atoms with E-state index in [9.17, 15) is 5.11 Å². The molecule has 94 valence electrons. The van der Waals surface area contributed by atoms with Crippen molar-refractivity contribution in [2.75, 3.05) is 0 Å². The molecule has 0 saturated carbocycles. The van der Waals surface area contributed by atoms with Gasteiger partial charge in [0.2, 0.25) is 0 Å². The van der Waals surface area contributed by atoms with Crippen LogP contribution >= 0.6 is 11.6 Å². The maximum absolute atomic E-state index is 9.33. The van der Waals surface area contributed by atoms with Crippen molar-refractivity contribution in [3.63, 3.8) is 0 Å². The molecule has 0 aliphatic rings. The van der Waals surface area contributed by atoms with Gasteiger partial charge in [0.1, 0.15) is 11.5 Å². The summed E-state index contributed by atoms with van der Waals surface area (Å²) in [6.07, 6.45) is 0. The van der Waals surface area contributed by atoms with Gasteiger partial charge in [0.25, 0.3) is 0 Å². The first-order valence-corrected chi connectivity index (χ1v) is 6.12. The summed E-state index contributed by atoms with van der Waals surface area (Å²) >= 11 is 5.90. The SMILES string of the molecule is Cc1ccc(Oc2ccc(Cl)cc2C)c(CO)c1. The van der Waals surface area contributed by atoms with E-state index in [2.05, 4.69) is 0 Å². The smallest absolute Gasteiger partial charge is 0.132 e.